The van der Waals surface area contributed by atoms with Crippen molar-refractivity contribution >= 4 is 17.5 Å². The third-order valence-electron chi connectivity index (χ3n) is 6.02. The van der Waals surface area contributed by atoms with Gasteiger partial charge in [0.1, 0.15) is 5.75 Å². The number of hydrogen-bond acceptors (Lipinski definition) is 4. The van der Waals surface area contributed by atoms with Gasteiger partial charge in [0.05, 0.1) is 12.8 Å². The molecule has 0 saturated carbocycles. The van der Waals surface area contributed by atoms with Crippen molar-refractivity contribution in [3.05, 3.63) is 106 Å². The second kappa shape index (κ2) is 9.01. The Balaban J connectivity index is 1.37. The predicted octanol–water partition coefficient (Wildman–Crippen LogP) is 6.15. The molecule has 0 spiro atoms. The number of hydrogen-bond donors (Lipinski definition) is 1. The van der Waals surface area contributed by atoms with E-state index in [0.29, 0.717) is 5.95 Å². The summed E-state index contributed by atoms with van der Waals surface area (Å²) < 4.78 is 5.22. The Bertz CT molecular complexity index is 1240. The Labute approximate surface area is 193 Å². The molecule has 0 saturated heterocycles. The van der Waals surface area contributed by atoms with Gasteiger partial charge >= 0.3 is 0 Å². The number of ether oxygens (including phenoxy) is 1. The summed E-state index contributed by atoms with van der Waals surface area (Å²) in [5.41, 5.74) is 6.95. The summed E-state index contributed by atoms with van der Waals surface area (Å²) in [5.74, 6) is 1.72. The number of rotatable bonds is 6. The molecule has 5 heteroatoms. The van der Waals surface area contributed by atoms with Gasteiger partial charge in [0.25, 0.3) is 0 Å². The third-order valence-corrected chi connectivity index (χ3v) is 6.36. The zero-order valence-corrected chi connectivity index (χ0v) is 18.6. The van der Waals surface area contributed by atoms with E-state index in [1.807, 2.05) is 36.5 Å². The molecular formula is C27H24ClN3O. The first-order valence-electron chi connectivity index (χ1n) is 10.8. The lowest BCUT2D eigenvalue weighted by Crippen LogP contribution is -2.16. The van der Waals surface area contributed by atoms with E-state index in [9.17, 15) is 0 Å². The minimum Gasteiger partial charge on any atom is -0.497 e. The van der Waals surface area contributed by atoms with Crippen molar-refractivity contribution < 1.29 is 4.74 Å². The molecule has 1 heterocycles. The molecule has 1 atom stereocenters. The second-order valence-electron chi connectivity index (χ2n) is 7.96. The molecule has 1 N–H and O–H groups in total. The number of fused-ring (bicyclic) bond motifs is 3. The fourth-order valence-corrected chi connectivity index (χ4v) is 4.63. The Morgan fingerprint density at radius 3 is 2.50 bits per heavy atom. The lowest BCUT2D eigenvalue weighted by atomic mass is 9.78. The predicted molar refractivity (Wildman–Crippen MR) is 130 cm³/mol. The van der Waals surface area contributed by atoms with Crippen LogP contribution < -0.4 is 10.1 Å². The smallest absolute Gasteiger partial charge is 0.223 e. The Morgan fingerprint density at radius 2 is 1.72 bits per heavy atom. The minimum atomic E-state index is 0.199. The zero-order valence-electron chi connectivity index (χ0n) is 17.9. The van der Waals surface area contributed by atoms with Crippen LogP contribution in [-0.4, -0.2) is 23.6 Å². The van der Waals surface area contributed by atoms with Crippen LogP contribution in [-0.2, 0) is 12.8 Å². The quantitative estimate of drug-likeness (QED) is 0.390. The van der Waals surface area contributed by atoms with Crippen LogP contribution >= 0.6 is 11.6 Å². The first kappa shape index (κ1) is 20.5. The molecule has 0 fully saturated rings. The normalized spacial score (nSPS) is 14.4. The fraction of sp³-hybridized carbons (Fsp3) is 0.185. The minimum absolute atomic E-state index is 0.199. The van der Waals surface area contributed by atoms with Gasteiger partial charge in [0.2, 0.25) is 5.95 Å². The van der Waals surface area contributed by atoms with Gasteiger partial charge < -0.3 is 10.1 Å². The van der Waals surface area contributed by atoms with Crippen LogP contribution in [0.15, 0.2) is 79.0 Å². The van der Waals surface area contributed by atoms with Gasteiger partial charge in [-0.1, -0.05) is 66.2 Å². The average Bonchev–Trinajstić information content (AvgIpc) is 2.84. The monoisotopic (exact) mass is 441 g/mol. The Kier molecular flexibility index (Phi) is 5.78. The standard InChI is InChI=1S/C27H24ClN3O/c1-32-20-12-10-18(11-13-20)14-15-29-27-30-17-19-16-24(22-7-4-5-9-25(22)28)21-6-2-3-8-23(21)26(19)31-27/h2-13,17,24H,14-16H2,1H3,(H,29,30,31). The number of benzene rings is 3. The highest BCUT2D eigenvalue weighted by Gasteiger charge is 2.28. The van der Waals surface area contributed by atoms with Crippen molar-refractivity contribution in [3.63, 3.8) is 0 Å². The van der Waals surface area contributed by atoms with Gasteiger partial charge in [-0.15, -0.1) is 0 Å². The van der Waals surface area contributed by atoms with Crippen molar-refractivity contribution in [2.24, 2.45) is 0 Å². The molecule has 4 aromatic rings. The molecule has 4 nitrogen and oxygen atoms in total. The van der Waals surface area contributed by atoms with Crippen LogP contribution in [0.3, 0.4) is 0 Å². The van der Waals surface area contributed by atoms with Crippen LogP contribution in [0.25, 0.3) is 11.3 Å². The van der Waals surface area contributed by atoms with Crippen molar-refractivity contribution in [2.45, 2.75) is 18.8 Å². The third kappa shape index (κ3) is 4.06. The Hall–Kier alpha value is -3.37. The van der Waals surface area contributed by atoms with Crippen molar-refractivity contribution in [2.75, 3.05) is 19.0 Å². The fourth-order valence-electron chi connectivity index (χ4n) is 4.37. The van der Waals surface area contributed by atoms with Crippen LogP contribution in [0.2, 0.25) is 5.02 Å². The van der Waals surface area contributed by atoms with E-state index in [1.165, 1.54) is 11.1 Å². The molecule has 160 valence electrons. The summed E-state index contributed by atoms with van der Waals surface area (Å²) in [6.07, 6.45) is 3.68. The number of halogens is 1. The van der Waals surface area contributed by atoms with E-state index in [4.69, 9.17) is 21.3 Å². The lowest BCUT2D eigenvalue weighted by molar-refractivity contribution is 0.414. The molecule has 1 unspecified atom stereocenters. The van der Waals surface area contributed by atoms with Crippen LogP contribution in [0.5, 0.6) is 5.75 Å². The average molecular weight is 442 g/mol. The van der Waals surface area contributed by atoms with Crippen molar-refractivity contribution in [1.82, 2.24) is 9.97 Å². The number of nitrogens with one attached hydrogen (secondary N) is 1. The SMILES string of the molecule is COc1ccc(CCNc2ncc3c(n2)-c2ccccc2C(c2ccccc2Cl)C3)cc1. The molecule has 1 aliphatic rings. The van der Waals surface area contributed by atoms with Gasteiger partial charge in [-0.25, -0.2) is 9.97 Å². The first-order valence-corrected chi connectivity index (χ1v) is 11.2. The Morgan fingerprint density at radius 1 is 0.969 bits per heavy atom. The van der Waals surface area contributed by atoms with E-state index < -0.39 is 0 Å². The summed E-state index contributed by atoms with van der Waals surface area (Å²) in [7, 11) is 1.68. The van der Waals surface area contributed by atoms with E-state index >= 15 is 0 Å². The molecule has 32 heavy (non-hydrogen) atoms. The highest BCUT2D eigenvalue weighted by Crippen LogP contribution is 2.43. The molecule has 5 rings (SSSR count). The molecule has 1 aromatic heterocycles. The molecule has 0 aliphatic heterocycles. The van der Waals surface area contributed by atoms with E-state index in [0.717, 1.165) is 52.5 Å². The summed E-state index contributed by atoms with van der Waals surface area (Å²) in [5, 5.41) is 4.18. The zero-order chi connectivity index (χ0) is 21.9. The van der Waals surface area contributed by atoms with Crippen LogP contribution in [0.1, 0.15) is 28.2 Å². The second-order valence-corrected chi connectivity index (χ2v) is 8.36. The van der Waals surface area contributed by atoms with Crippen LogP contribution in [0.4, 0.5) is 5.95 Å². The summed E-state index contributed by atoms with van der Waals surface area (Å²) in [6, 6.07) is 24.7. The van der Waals surface area contributed by atoms with Crippen molar-refractivity contribution in [1.29, 1.82) is 0 Å². The lowest BCUT2D eigenvalue weighted by Gasteiger charge is -2.28. The molecule has 0 bridgehead atoms. The molecule has 0 radical (unpaired) electrons. The molecule has 3 aromatic carbocycles. The largest absolute Gasteiger partial charge is 0.497 e. The molecule has 0 amide bonds. The maximum absolute atomic E-state index is 6.55. The highest BCUT2D eigenvalue weighted by molar-refractivity contribution is 6.31. The summed E-state index contributed by atoms with van der Waals surface area (Å²) >= 11 is 6.55. The van der Waals surface area contributed by atoms with Gasteiger partial charge in [-0.2, -0.15) is 0 Å². The number of methoxy groups -OCH3 is 1. The van der Waals surface area contributed by atoms with E-state index in [-0.39, 0.29) is 5.92 Å². The van der Waals surface area contributed by atoms with Gasteiger partial charge in [-0.05, 0) is 53.3 Å². The first-order chi connectivity index (χ1) is 15.7. The maximum Gasteiger partial charge on any atom is 0.223 e. The summed E-state index contributed by atoms with van der Waals surface area (Å²) in [4.78, 5) is 9.49. The van der Waals surface area contributed by atoms with Crippen LogP contribution in [0, 0.1) is 0 Å². The van der Waals surface area contributed by atoms with Gasteiger partial charge in [-0.3, -0.25) is 0 Å². The van der Waals surface area contributed by atoms with Crippen molar-refractivity contribution in [3.8, 4) is 17.0 Å². The molecular weight excluding hydrogens is 418 g/mol. The van der Waals surface area contributed by atoms with E-state index in [1.54, 1.807) is 7.11 Å². The summed E-state index contributed by atoms with van der Waals surface area (Å²) in [6.45, 7) is 0.759. The topological polar surface area (TPSA) is 47.0 Å². The number of aromatic nitrogens is 2. The highest BCUT2D eigenvalue weighted by atomic mass is 35.5. The van der Waals surface area contributed by atoms with E-state index in [2.05, 4.69) is 52.8 Å². The van der Waals surface area contributed by atoms with Gasteiger partial charge in [0.15, 0.2) is 0 Å². The number of anilines is 1. The molecule has 1 aliphatic carbocycles. The number of nitrogens with zero attached hydrogens (tertiary/aromatic N) is 2. The maximum atomic E-state index is 6.55. The van der Waals surface area contributed by atoms with Gasteiger partial charge in [0, 0.05) is 29.2 Å².